The Bertz CT molecular complexity index is 837. The molecule has 1 heterocycles. The molecule has 1 aromatic carbocycles. The quantitative estimate of drug-likeness (QED) is 0.813. The molecule has 0 saturated heterocycles. The second-order valence-corrected chi connectivity index (χ2v) is 7.22. The Balaban J connectivity index is 0.00000132. The fourth-order valence-corrected chi connectivity index (χ4v) is 2.20. The maximum absolute atomic E-state index is 11.8. The van der Waals surface area contributed by atoms with E-state index in [0.717, 1.165) is 17.5 Å². The lowest BCUT2D eigenvalue weighted by Crippen LogP contribution is -2.38. The Kier molecular flexibility index (Phi) is 9.28. The van der Waals surface area contributed by atoms with Crippen LogP contribution < -0.4 is 5.32 Å². The van der Waals surface area contributed by atoms with Crippen LogP contribution in [0.1, 0.15) is 50.5 Å². The molecule has 1 unspecified atom stereocenters. The molecule has 1 N–H and O–H groups in total. The van der Waals surface area contributed by atoms with Crippen LogP contribution >= 0.6 is 0 Å². The summed E-state index contributed by atoms with van der Waals surface area (Å²) in [6, 6.07) is 8.03. The molecule has 0 saturated carbocycles. The smallest absolute Gasteiger partial charge is 0.407 e. The standard InChI is InChI=1S/C19H25N5O2.CO2/c1-13(20-18(25)26-19(3,4)5)12-16-8-6-15(7-9-16)10-11-17-23-21-14(2)22-24-17;2-1-3/h6-11,13H,12H2,1-5H3,(H,20,25);/b11-10+;. The summed E-state index contributed by atoms with van der Waals surface area (Å²) >= 11 is 0. The molecule has 29 heavy (non-hydrogen) atoms. The van der Waals surface area contributed by atoms with Crippen LogP contribution in [0.15, 0.2) is 24.3 Å². The van der Waals surface area contributed by atoms with Crippen molar-refractivity contribution in [2.75, 3.05) is 0 Å². The first-order valence-electron chi connectivity index (χ1n) is 8.92. The van der Waals surface area contributed by atoms with Crippen molar-refractivity contribution >= 4 is 24.4 Å². The van der Waals surface area contributed by atoms with Gasteiger partial charge in [-0.25, -0.2) is 4.79 Å². The molecular weight excluding hydrogens is 374 g/mol. The molecule has 2 rings (SSSR count). The second kappa shape index (κ2) is 11.4. The van der Waals surface area contributed by atoms with E-state index < -0.39 is 11.7 Å². The van der Waals surface area contributed by atoms with Crippen molar-refractivity contribution < 1.29 is 19.1 Å². The zero-order chi connectivity index (χ0) is 21.9. The largest absolute Gasteiger partial charge is 0.444 e. The van der Waals surface area contributed by atoms with Gasteiger partial charge in [0.2, 0.25) is 0 Å². The summed E-state index contributed by atoms with van der Waals surface area (Å²) in [4.78, 5) is 28.0. The lowest BCUT2D eigenvalue weighted by atomic mass is 10.0. The molecule has 0 spiro atoms. The first-order chi connectivity index (χ1) is 13.6. The molecule has 0 fully saturated rings. The molecule has 0 radical (unpaired) electrons. The fourth-order valence-electron chi connectivity index (χ4n) is 2.20. The van der Waals surface area contributed by atoms with Crippen LogP contribution in [-0.2, 0) is 20.7 Å². The summed E-state index contributed by atoms with van der Waals surface area (Å²) < 4.78 is 5.27. The molecule has 2 aromatic rings. The Morgan fingerprint density at radius 2 is 1.66 bits per heavy atom. The average Bonchev–Trinajstić information content (AvgIpc) is 2.61. The lowest BCUT2D eigenvalue weighted by molar-refractivity contribution is -0.191. The third kappa shape index (κ3) is 10.5. The molecule has 9 heteroatoms. The predicted molar refractivity (Wildman–Crippen MR) is 105 cm³/mol. The van der Waals surface area contributed by atoms with Crippen molar-refractivity contribution in [3.63, 3.8) is 0 Å². The number of hydrogen-bond acceptors (Lipinski definition) is 8. The van der Waals surface area contributed by atoms with Gasteiger partial charge < -0.3 is 10.1 Å². The molecule has 1 amide bonds. The average molecular weight is 399 g/mol. The van der Waals surface area contributed by atoms with E-state index in [-0.39, 0.29) is 12.2 Å². The lowest BCUT2D eigenvalue weighted by Gasteiger charge is -2.22. The Labute approximate surface area is 169 Å². The van der Waals surface area contributed by atoms with Crippen LogP contribution in [0.5, 0.6) is 0 Å². The van der Waals surface area contributed by atoms with Crippen molar-refractivity contribution in [1.29, 1.82) is 0 Å². The van der Waals surface area contributed by atoms with Gasteiger partial charge in [-0.05, 0) is 58.2 Å². The number of hydrogen-bond donors (Lipinski definition) is 1. The number of rotatable bonds is 5. The molecule has 1 atom stereocenters. The molecule has 0 aliphatic rings. The van der Waals surface area contributed by atoms with Crippen LogP contribution in [0.25, 0.3) is 12.2 Å². The van der Waals surface area contributed by atoms with Crippen molar-refractivity contribution in [3.8, 4) is 0 Å². The van der Waals surface area contributed by atoms with Crippen LogP contribution in [0.2, 0.25) is 0 Å². The summed E-state index contributed by atoms with van der Waals surface area (Å²) in [5, 5.41) is 18.5. The number of ether oxygens (including phenoxy) is 1. The topological polar surface area (TPSA) is 124 Å². The summed E-state index contributed by atoms with van der Waals surface area (Å²) in [5.74, 6) is 1.01. The Morgan fingerprint density at radius 3 is 2.17 bits per heavy atom. The van der Waals surface area contributed by atoms with Gasteiger partial charge in [0.05, 0.1) is 0 Å². The van der Waals surface area contributed by atoms with Gasteiger partial charge in [-0.15, -0.1) is 20.4 Å². The maximum Gasteiger partial charge on any atom is 0.407 e. The predicted octanol–water partition coefficient (Wildman–Crippen LogP) is 2.62. The summed E-state index contributed by atoms with van der Waals surface area (Å²) in [6.45, 7) is 9.23. The first-order valence-corrected chi connectivity index (χ1v) is 8.92. The normalized spacial score (nSPS) is 11.8. The zero-order valence-corrected chi connectivity index (χ0v) is 17.2. The highest BCUT2D eigenvalue weighted by Gasteiger charge is 2.17. The van der Waals surface area contributed by atoms with Gasteiger partial charge in [-0.1, -0.05) is 30.3 Å². The van der Waals surface area contributed by atoms with Crippen LogP contribution in [0.4, 0.5) is 4.79 Å². The highest BCUT2D eigenvalue weighted by molar-refractivity contribution is 5.68. The molecule has 0 bridgehead atoms. The number of nitrogens with one attached hydrogen (secondary N) is 1. The van der Waals surface area contributed by atoms with E-state index in [1.807, 2.05) is 58.0 Å². The Morgan fingerprint density at radius 1 is 1.10 bits per heavy atom. The number of carbonyl (C=O) groups excluding carboxylic acids is 3. The number of alkyl carbamates (subject to hydrolysis) is 1. The van der Waals surface area contributed by atoms with Crippen LogP contribution in [0, 0.1) is 6.92 Å². The number of aromatic nitrogens is 4. The molecule has 9 nitrogen and oxygen atoms in total. The SMILES string of the molecule is Cc1nnc(/C=C/c2ccc(CC(C)NC(=O)OC(C)(C)C)cc2)nn1.O=C=O. The maximum atomic E-state index is 11.8. The van der Waals surface area contributed by atoms with Gasteiger partial charge in [0.25, 0.3) is 0 Å². The number of nitrogens with zero attached hydrogens (tertiary/aromatic N) is 4. The molecular formula is C20H25N5O4. The number of carbonyl (C=O) groups is 1. The number of benzene rings is 1. The Hall–Kier alpha value is -3.45. The van der Waals surface area contributed by atoms with Crippen molar-refractivity contribution in [2.24, 2.45) is 0 Å². The number of amides is 1. The zero-order valence-electron chi connectivity index (χ0n) is 17.2. The summed E-state index contributed by atoms with van der Waals surface area (Å²) in [5.41, 5.74) is 1.65. The van der Waals surface area contributed by atoms with E-state index in [4.69, 9.17) is 14.3 Å². The number of aryl methyl sites for hydroxylation is 1. The summed E-state index contributed by atoms with van der Waals surface area (Å²) in [6.07, 6.45) is 4.24. The monoisotopic (exact) mass is 399 g/mol. The van der Waals surface area contributed by atoms with Crippen molar-refractivity contribution in [1.82, 2.24) is 25.7 Å². The molecule has 0 aliphatic heterocycles. The van der Waals surface area contributed by atoms with E-state index >= 15 is 0 Å². The highest BCUT2D eigenvalue weighted by Crippen LogP contribution is 2.11. The van der Waals surface area contributed by atoms with E-state index in [9.17, 15) is 4.79 Å². The van der Waals surface area contributed by atoms with E-state index in [1.54, 1.807) is 13.0 Å². The third-order valence-corrected chi connectivity index (χ3v) is 3.30. The minimum absolute atomic E-state index is 0.0238. The van der Waals surface area contributed by atoms with E-state index in [0.29, 0.717) is 11.6 Å². The highest BCUT2D eigenvalue weighted by atomic mass is 16.6. The van der Waals surface area contributed by atoms with E-state index in [2.05, 4.69) is 25.7 Å². The first kappa shape index (κ1) is 23.6. The molecule has 1 aromatic heterocycles. The van der Waals surface area contributed by atoms with Crippen LogP contribution in [-0.4, -0.2) is 44.3 Å². The minimum Gasteiger partial charge on any atom is -0.444 e. The van der Waals surface area contributed by atoms with Gasteiger partial charge in [-0.3, -0.25) is 0 Å². The van der Waals surface area contributed by atoms with Gasteiger partial charge in [0.1, 0.15) is 5.60 Å². The fraction of sp³-hybridized carbons (Fsp3) is 0.400. The molecule has 0 aliphatic carbocycles. The minimum atomic E-state index is -0.496. The van der Waals surface area contributed by atoms with Gasteiger partial charge in [0, 0.05) is 6.04 Å². The van der Waals surface area contributed by atoms with Gasteiger partial charge in [0.15, 0.2) is 11.6 Å². The summed E-state index contributed by atoms with van der Waals surface area (Å²) in [7, 11) is 0. The van der Waals surface area contributed by atoms with Crippen molar-refractivity contribution in [2.45, 2.75) is 52.7 Å². The third-order valence-electron chi connectivity index (χ3n) is 3.30. The van der Waals surface area contributed by atoms with Gasteiger partial charge in [-0.2, -0.15) is 9.59 Å². The van der Waals surface area contributed by atoms with Crippen molar-refractivity contribution in [3.05, 3.63) is 47.0 Å². The second-order valence-electron chi connectivity index (χ2n) is 7.22. The van der Waals surface area contributed by atoms with Crippen LogP contribution in [0.3, 0.4) is 0 Å². The van der Waals surface area contributed by atoms with Gasteiger partial charge >= 0.3 is 12.2 Å². The molecule has 154 valence electrons. The van der Waals surface area contributed by atoms with E-state index in [1.165, 1.54) is 0 Å².